The smallest absolute Gasteiger partial charge is 0.123 e. The fourth-order valence-corrected chi connectivity index (χ4v) is 2.34. The first-order valence-electron chi connectivity index (χ1n) is 6.88. The van der Waals surface area contributed by atoms with Gasteiger partial charge in [-0.3, -0.25) is 0 Å². The number of rotatable bonds is 5. The van der Waals surface area contributed by atoms with E-state index in [1.807, 2.05) is 18.2 Å². The lowest BCUT2D eigenvalue weighted by Crippen LogP contribution is -2.22. The van der Waals surface area contributed by atoms with Crippen molar-refractivity contribution < 1.29 is 4.74 Å². The number of nitrogens with two attached hydrogens (primary N) is 1. The second-order valence-electron chi connectivity index (χ2n) is 4.92. The Bertz CT molecular complexity index is 581. The van der Waals surface area contributed by atoms with Crippen molar-refractivity contribution in [2.45, 2.75) is 20.4 Å². The molecule has 106 valence electrons. The Morgan fingerprint density at radius 1 is 1.15 bits per heavy atom. The molecule has 3 nitrogen and oxygen atoms in total. The largest absolute Gasteiger partial charge is 0.496 e. The number of nitrogen functional groups attached to an aromatic ring is 1. The van der Waals surface area contributed by atoms with Gasteiger partial charge < -0.3 is 15.4 Å². The number of benzene rings is 2. The molecule has 0 spiro atoms. The topological polar surface area (TPSA) is 38.5 Å². The SMILES string of the molecule is CCN(Cc1cc(N)ccc1OC)c1cccc(C)c1. The maximum absolute atomic E-state index is 5.89. The highest BCUT2D eigenvalue weighted by molar-refractivity contribution is 5.53. The molecule has 20 heavy (non-hydrogen) atoms. The van der Waals surface area contributed by atoms with Crippen molar-refractivity contribution >= 4 is 11.4 Å². The van der Waals surface area contributed by atoms with Crippen LogP contribution in [-0.4, -0.2) is 13.7 Å². The van der Waals surface area contributed by atoms with Crippen molar-refractivity contribution in [1.82, 2.24) is 0 Å². The average molecular weight is 270 g/mol. The molecule has 0 atom stereocenters. The zero-order chi connectivity index (χ0) is 14.5. The van der Waals surface area contributed by atoms with Gasteiger partial charge in [-0.05, 0) is 49.7 Å². The summed E-state index contributed by atoms with van der Waals surface area (Å²) in [5, 5.41) is 0. The summed E-state index contributed by atoms with van der Waals surface area (Å²) in [5.41, 5.74) is 10.2. The van der Waals surface area contributed by atoms with Crippen LogP contribution in [0.4, 0.5) is 11.4 Å². The van der Waals surface area contributed by atoms with Gasteiger partial charge in [0.15, 0.2) is 0 Å². The van der Waals surface area contributed by atoms with Crippen molar-refractivity contribution in [1.29, 1.82) is 0 Å². The van der Waals surface area contributed by atoms with Crippen LogP contribution in [0.1, 0.15) is 18.1 Å². The Kier molecular flexibility index (Phi) is 4.51. The zero-order valence-corrected chi connectivity index (χ0v) is 12.4. The number of aryl methyl sites for hydroxylation is 1. The predicted octanol–water partition coefficient (Wildman–Crippen LogP) is 3.61. The molecule has 0 saturated carbocycles. The van der Waals surface area contributed by atoms with E-state index in [4.69, 9.17) is 10.5 Å². The Morgan fingerprint density at radius 3 is 2.60 bits per heavy atom. The third kappa shape index (κ3) is 3.23. The lowest BCUT2D eigenvalue weighted by atomic mass is 10.1. The van der Waals surface area contributed by atoms with Gasteiger partial charge in [0.1, 0.15) is 5.75 Å². The molecule has 0 amide bonds. The second kappa shape index (κ2) is 6.33. The molecule has 2 aromatic carbocycles. The maximum Gasteiger partial charge on any atom is 0.123 e. The molecule has 0 radical (unpaired) electrons. The lowest BCUT2D eigenvalue weighted by molar-refractivity contribution is 0.409. The Hall–Kier alpha value is -2.16. The van der Waals surface area contributed by atoms with Crippen molar-refractivity contribution in [2.75, 3.05) is 24.3 Å². The first-order chi connectivity index (χ1) is 9.63. The van der Waals surface area contributed by atoms with Crippen LogP contribution < -0.4 is 15.4 Å². The maximum atomic E-state index is 5.89. The molecule has 0 bridgehead atoms. The molecule has 0 heterocycles. The number of ether oxygens (including phenoxy) is 1. The summed E-state index contributed by atoms with van der Waals surface area (Å²) in [7, 11) is 1.69. The molecule has 0 aliphatic carbocycles. The summed E-state index contributed by atoms with van der Waals surface area (Å²) in [5.74, 6) is 0.880. The molecule has 2 aromatic rings. The number of nitrogens with zero attached hydrogens (tertiary/aromatic N) is 1. The van der Waals surface area contributed by atoms with E-state index in [1.54, 1.807) is 7.11 Å². The molecule has 2 N–H and O–H groups in total. The van der Waals surface area contributed by atoms with Gasteiger partial charge in [-0.2, -0.15) is 0 Å². The highest BCUT2D eigenvalue weighted by Crippen LogP contribution is 2.25. The molecule has 0 fully saturated rings. The molecular weight excluding hydrogens is 248 g/mol. The molecule has 0 aliphatic heterocycles. The minimum Gasteiger partial charge on any atom is -0.496 e. The van der Waals surface area contributed by atoms with Crippen molar-refractivity contribution in [3.8, 4) is 5.75 Å². The number of hydrogen-bond donors (Lipinski definition) is 1. The molecule has 0 aromatic heterocycles. The van der Waals surface area contributed by atoms with E-state index in [1.165, 1.54) is 11.3 Å². The highest BCUT2D eigenvalue weighted by Gasteiger charge is 2.10. The minimum absolute atomic E-state index is 0.765. The van der Waals surface area contributed by atoms with E-state index >= 15 is 0 Å². The zero-order valence-electron chi connectivity index (χ0n) is 12.4. The van der Waals surface area contributed by atoms with Crippen LogP contribution in [-0.2, 0) is 6.54 Å². The standard InChI is InChI=1S/C17H22N2O/c1-4-19(16-7-5-6-13(2)10-16)12-14-11-15(18)8-9-17(14)20-3/h5-11H,4,12,18H2,1-3H3. The third-order valence-corrected chi connectivity index (χ3v) is 3.41. The van der Waals surface area contributed by atoms with Gasteiger partial charge in [-0.25, -0.2) is 0 Å². The van der Waals surface area contributed by atoms with Crippen molar-refractivity contribution in [3.05, 3.63) is 53.6 Å². The first-order valence-corrected chi connectivity index (χ1v) is 6.88. The number of hydrogen-bond acceptors (Lipinski definition) is 3. The van der Waals surface area contributed by atoms with Gasteiger partial charge in [0.05, 0.1) is 7.11 Å². The summed E-state index contributed by atoms with van der Waals surface area (Å²) in [6, 6.07) is 14.3. The van der Waals surface area contributed by atoms with E-state index in [0.29, 0.717) is 0 Å². The van der Waals surface area contributed by atoms with Crippen LogP contribution in [0, 0.1) is 6.92 Å². The second-order valence-corrected chi connectivity index (χ2v) is 4.92. The molecule has 0 saturated heterocycles. The lowest BCUT2D eigenvalue weighted by Gasteiger charge is -2.24. The van der Waals surface area contributed by atoms with Gasteiger partial charge in [0, 0.05) is 30.0 Å². The highest BCUT2D eigenvalue weighted by atomic mass is 16.5. The molecule has 3 heteroatoms. The molecule has 0 aliphatic rings. The number of methoxy groups -OCH3 is 1. The Balaban J connectivity index is 2.28. The normalized spacial score (nSPS) is 10.3. The van der Waals surface area contributed by atoms with E-state index in [9.17, 15) is 0 Å². The predicted molar refractivity (Wildman–Crippen MR) is 85.3 cm³/mol. The Morgan fingerprint density at radius 2 is 1.95 bits per heavy atom. The minimum atomic E-state index is 0.765. The molecule has 0 unspecified atom stereocenters. The molecule has 2 rings (SSSR count). The average Bonchev–Trinajstić information content (AvgIpc) is 2.45. The van der Waals surface area contributed by atoms with E-state index in [2.05, 4.69) is 43.0 Å². The molecular formula is C17H22N2O. The summed E-state index contributed by atoms with van der Waals surface area (Å²) >= 11 is 0. The van der Waals surface area contributed by atoms with Gasteiger partial charge >= 0.3 is 0 Å². The van der Waals surface area contributed by atoms with Crippen LogP contribution in [0.5, 0.6) is 5.75 Å². The van der Waals surface area contributed by atoms with Gasteiger partial charge in [0.25, 0.3) is 0 Å². The summed E-state index contributed by atoms with van der Waals surface area (Å²) in [6.07, 6.45) is 0. The van der Waals surface area contributed by atoms with Gasteiger partial charge in [0.2, 0.25) is 0 Å². The van der Waals surface area contributed by atoms with E-state index in [-0.39, 0.29) is 0 Å². The fourth-order valence-electron chi connectivity index (χ4n) is 2.34. The van der Waals surface area contributed by atoms with E-state index < -0.39 is 0 Å². The fraction of sp³-hybridized carbons (Fsp3) is 0.294. The van der Waals surface area contributed by atoms with Crippen LogP contribution in [0.15, 0.2) is 42.5 Å². The van der Waals surface area contributed by atoms with Crippen LogP contribution >= 0.6 is 0 Å². The summed E-state index contributed by atoms with van der Waals surface area (Å²) < 4.78 is 5.42. The van der Waals surface area contributed by atoms with Crippen LogP contribution in [0.2, 0.25) is 0 Å². The monoisotopic (exact) mass is 270 g/mol. The third-order valence-electron chi connectivity index (χ3n) is 3.41. The van der Waals surface area contributed by atoms with Crippen LogP contribution in [0.3, 0.4) is 0 Å². The van der Waals surface area contributed by atoms with Crippen molar-refractivity contribution in [2.24, 2.45) is 0 Å². The first kappa shape index (κ1) is 14.3. The summed E-state index contributed by atoms with van der Waals surface area (Å²) in [6.45, 7) is 5.98. The summed E-state index contributed by atoms with van der Waals surface area (Å²) in [4.78, 5) is 2.31. The number of anilines is 2. The van der Waals surface area contributed by atoms with Crippen molar-refractivity contribution in [3.63, 3.8) is 0 Å². The van der Waals surface area contributed by atoms with Gasteiger partial charge in [-0.15, -0.1) is 0 Å². The van der Waals surface area contributed by atoms with Gasteiger partial charge in [-0.1, -0.05) is 12.1 Å². The Labute approximate surface area is 121 Å². The quantitative estimate of drug-likeness (QED) is 0.843. The van der Waals surface area contributed by atoms with Crippen LogP contribution in [0.25, 0.3) is 0 Å². The van der Waals surface area contributed by atoms with E-state index in [0.717, 1.165) is 30.1 Å².